The number of nitrogens with zero attached hydrogens (tertiary/aromatic N) is 2. The maximum absolute atomic E-state index is 11.4. The Morgan fingerprint density at radius 1 is 1.30 bits per heavy atom. The Bertz CT molecular complexity index is 528. The van der Waals surface area contributed by atoms with E-state index in [2.05, 4.69) is 0 Å². The molecule has 1 aromatic carbocycles. The molecule has 2 fully saturated rings. The van der Waals surface area contributed by atoms with Crippen LogP contribution in [0.25, 0.3) is 0 Å². The summed E-state index contributed by atoms with van der Waals surface area (Å²) in [5.41, 5.74) is 0.198. The Morgan fingerprint density at radius 2 is 1.95 bits per heavy atom. The average molecular weight is 276 g/mol. The minimum Gasteiger partial charge on any atom is -0.478 e. The molecule has 2 atom stereocenters. The van der Waals surface area contributed by atoms with E-state index < -0.39 is 10.9 Å². The summed E-state index contributed by atoms with van der Waals surface area (Å²) in [5.74, 6) is -0.00586. The van der Waals surface area contributed by atoms with Crippen LogP contribution in [0.1, 0.15) is 29.6 Å². The third-order valence-corrected chi connectivity index (χ3v) is 4.48. The van der Waals surface area contributed by atoms with Gasteiger partial charge in [0.1, 0.15) is 5.69 Å². The number of benzene rings is 1. The molecule has 1 saturated heterocycles. The lowest BCUT2D eigenvalue weighted by Crippen LogP contribution is -2.24. The minimum absolute atomic E-state index is 0.0270. The fourth-order valence-electron chi connectivity index (χ4n) is 3.60. The van der Waals surface area contributed by atoms with Crippen LogP contribution in [0.2, 0.25) is 0 Å². The maximum Gasteiger partial charge on any atom is 0.338 e. The van der Waals surface area contributed by atoms with Crippen molar-refractivity contribution >= 4 is 17.3 Å². The SMILES string of the molecule is O=C(O)c1cccc([N+](=O)[O-])c1N1CC2CCCC2C1. The number of carbonyl (C=O) groups is 1. The molecule has 1 aliphatic carbocycles. The largest absolute Gasteiger partial charge is 0.478 e. The van der Waals surface area contributed by atoms with E-state index in [-0.39, 0.29) is 16.9 Å². The van der Waals surface area contributed by atoms with Crippen LogP contribution in [0.5, 0.6) is 0 Å². The van der Waals surface area contributed by atoms with E-state index in [9.17, 15) is 20.0 Å². The maximum atomic E-state index is 11.4. The lowest BCUT2D eigenvalue weighted by molar-refractivity contribution is -0.384. The van der Waals surface area contributed by atoms with Gasteiger partial charge in [0.15, 0.2) is 0 Å². The van der Waals surface area contributed by atoms with Gasteiger partial charge in [-0.2, -0.15) is 0 Å². The average Bonchev–Trinajstić information content (AvgIpc) is 2.98. The first kappa shape index (κ1) is 12.9. The zero-order valence-corrected chi connectivity index (χ0v) is 11.0. The standard InChI is InChI=1S/C14H16N2O4/c17-14(18)11-5-2-6-12(16(19)20)13(11)15-7-9-3-1-4-10(9)8-15/h2,5-6,9-10H,1,3-4,7-8H2,(H,17,18). The minimum atomic E-state index is -1.11. The monoisotopic (exact) mass is 276 g/mol. The molecule has 1 N–H and O–H groups in total. The van der Waals surface area contributed by atoms with Crippen molar-refractivity contribution < 1.29 is 14.8 Å². The highest BCUT2D eigenvalue weighted by Crippen LogP contribution is 2.43. The second kappa shape index (κ2) is 4.77. The van der Waals surface area contributed by atoms with Gasteiger partial charge >= 0.3 is 5.97 Å². The zero-order valence-electron chi connectivity index (χ0n) is 11.0. The van der Waals surface area contributed by atoms with Gasteiger partial charge < -0.3 is 10.0 Å². The Kier molecular flexibility index (Phi) is 3.08. The molecule has 20 heavy (non-hydrogen) atoms. The van der Waals surface area contributed by atoms with Crippen molar-refractivity contribution in [2.75, 3.05) is 18.0 Å². The van der Waals surface area contributed by atoms with Gasteiger partial charge in [-0.3, -0.25) is 10.1 Å². The summed E-state index contributed by atoms with van der Waals surface area (Å²) in [6, 6.07) is 4.26. The highest BCUT2D eigenvalue weighted by Gasteiger charge is 2.39. The smallest absolute Gasteiger partial charge is 0.338 e. The molecule has 2 unspecified atom stereocenters. The molecule has 0 radical (unpaired) electrons. The van der Waals surface area contributed by atoms with Crippen molar-refractivity contribution in [1.29, 1.82) is 0 Å². The van der Waals surface area contributed by atoms with Gasteiger partial charge in [-0.25, -0.2) is 4.79 Å². The molecule has 3 rings (SSSR count). The van der Waals surface area contributed by atoms with Crippen LogP contribution in [0.15, 0.2) is 18.2 Å². The second-order valence-corrected chi connectivity index (χ2v) is 5.59. The second-order valence-electron chi connectivity index (χ2n) is 5.59. The van der Waals surface area contributed by atoms with E-state index in [1.54, 1.807) is 0 Å². The van der Waals surface area contributed by atoms with E-state index in [4.69, 9.17) is 0 Å². The van der Waals surface area contributed by atoms with Crippen molar-refractivity contribution in [3.8, 4) is 0 Å². The summed E-state index contributed by atoms with van der Waals surface area (Å²) in [4.78, 5) is 23.9. The summed E-state index contributed by atoms with van der Waals surface area (Å²) < 4.78 is 0. The number of anilines is 1. The van der Waals surface area contributed by atoms with Gasteiger partial charge in [0.2, 0.25) is 0 Å². The molecule has 0 spiro atoms. The molecule has 6 heteroatoms. The van der Waals surface area contributed by atoms with Crippen LogP contribution in [0, 0.1) is 22.0 Å². The first-order chi connectivity index (χ1) is 9.58. The van der Waals surface area contributed by atoms with Crippen molar-refractivity contribution in [3.63, 3.8) is 0 Å². The molecule has 106 valence electrons. The summed E-state index contributed by atoms with van der Waals surface area (Å²) in [7, 11) is 0. The number of carboxylic acids is 1. The Balaban J connectivity index is 2.03. The molecule has 1 aromatic rings. The van der Waals surface area contributed by atoms with E-state index in [0.717, 1.165) is 25.9 Å². The molecule has 1 aliphatic heterocycles. The van der Waals surface area contributed by atoms with E-state index in [1.165, 1.54) is 24.6 Å². The fourth-order valence-corrected chi connectivity index (χ4v) is 3.60. The summed E-state index contributed by atoms with van der Waals surface area (Å²) >= 11 is 0. The summed E-state index contributed by atoms with van der Waals surface area (Å²) in [6.45, 7) is 1.46. The number of para-hydroxylation sites is 1. The van der Waals surface area contributed by atoms with E-state index >= 15 is 0 Å². The van der Waals surface area contributed by atoms with Gasteiger partial charge in [0.25, 0.3) is 5.69 Å². The molecular formula is C14H16N2O4. The van der Waals surface area contributed by atoms with Gasteiger partial charge in [-0.15, -0.1) is 0 Å². The predicted molar refractivity (Wildman–Crippen MR) is 73.1 cm³/mol. The predicted octanol–water partition coefficient (Wildman–Crippen LogP) is 2.53. The van der Waals surface area contributed by atoms with Crippen LogP contribution in [-0.4, -0.2) is 29.1 Å². The van der Waals surface area contributed by atoms with Crippen LogP contribution in [0.3, 0.4) is 0 Å². The van der Waals surface area contributed by atoms with Gasteiger partial charge in [-0.1, -0.05) is 12.5 Å². The molecule has 0 aromatic heterocycles. The molecule has 6 nitrogen and oxygen atoms in total. The van der Waals surface area contributed by atoms with Crippen LogP contribution >= 0.6 is 0 Å². The zero-order chi connectivity index (χ0) is 14.3. The lowest BCUT2D eigenvalue weighted by atomic mass is 10.0. The van der Waals surface area contributed by atoms with Crippen LogP contribution < -0.4 is 4.90 Å². The number of nitro groups is 1. The molecule has 2 aliphatic rings. The Labute approximate surface area is 116 Å². The van der Waals surface area contributed by atoms with Crippen molar-refractivity contribution in [1.82, 2.24) is 0 Å². The van der Waals surface area contributed by atoms with Crippen molar-refractivity contribution in [3.05, 3.63) is 33.9 Å². The molecule has 1 saturated carbocycles. The summed E-state index contributed by atoms with van der Waals surface area (Å²) in [5, 5.41) is 20.5. The quantitative estimate of drug-likeness (QED) is 0.677. The first-order valence-electron chi connectivity index (χ1n) is 6.83. The van der Waals surface area contributed by atoms with Gasteiger partial charge in [0.05, 0.1) is 10.5 Å². The topological polar surface area (TPSA) is 83.7 Å². The normalized spacial score (nSPS) is 24.7. The third-order valence-electron chi connectivity index (χ3n) is 4.48. The number of hydrogen-bond donors (Lipinski definition) is 1. The molecule has 0 amide bonds. The first-order valence-corrected chi connectivity index (χ1v) is 6.83. The number of carboxylic acid groups (broad SMARTS) is 1. The number of aromatic carboxylic acids is 1. The van der Waals surface area contributed by atoms with Crippen LogP contribution in [0.4, 0.5) is 11.4 Å². The van der Waals surface area contributed by atoms with Crippen molar-refractivity contribution in [2.24, 2.45) is 11.8 Å². The summed E-state index contributed by atoms with van der Waals surface area (Å²) in [6.07, 6.45) is 3.50. The highest BCUT2D eigenvalue weighted by molar-refractivity contribution is 5.97. The van der Waals surface area contributed by atoms with E-state index in [1.807, 2.05) is 4.90 Å². The number of nitro benzene ring substituents is 1. The molecular weight excluding hydrogens is 260 g/mol. The van der Waals surface area contributed by atoms with Gasteiger partial charge in [-0.05, 0) is 30.7 Å². The lowest BCUT2D eigenvalue weighted by Gasteiger charge is -2.21. The van der Waals surface area contributed by atoms with Crippen molar-refractivity contribution in [2.45, 2.75) is 19.3 Å². The molecule has 1 heterocycles. The third kappa shape index (κ3) is 2.01. The number of hydrogen-bond acceptors (Lipinski definition) is 4. The Hall–Kier alpha value is -2.11. The van der Waals surface area contributed by atoms with Crippen LogP contribution in [-0.2, 0) is 0 Å². The Morgan fingerprint density at radius 3 is 2.50 bits per heavy atom. The number of fused-ring (bicyclic) bond motifs is 1. The number of rotatable bonds is 3. The molecule has 0 bridgehead atoms. The fraction of sp³-hybridized carbons (Fsp3) is 0.500. The van der Waals surface area contributed by atoms with E-state index in [0.29, 0.717) is 11.8 Å². The van der Waals surface area contributed by atoms with Gasteiger partial charge in [0, 0.05) is 19.2 Å². The highest BCUT2D eigenvalue weighted by atomic mass is 16.6.